The molecule has 1 aliphatic carbocycles. The lowest BCUT2D eigenvalue weighted by Crippen LogP contribution is -2.42. The molecule has 1 saturated heterocycles. The molecule has 2 fully saturated rings. The Kier molecular flexibility index (Phi) is 1.44. The van der Waals surface area contributed by atoms with Crippen LogP contribution < -0.4 is 0 Å². The lowest BCUT2D eigenvalue weighted by atomic mass is 9.76. The summed E-state index contributed by atoms with van der Waals surface area (Å²) in [6.07, 6.45) is 5.28. The van der Waals surface area contributed by atoms with Crippen LogP contribution in [0.2, 0.25) is 0 Å². The molecule has 62 valence electrons. The van der Waals surface area contributed by atoms with Crippen molar-refractivity contribution in [2.24, 2.45) is 5.92 Å². The van der Waals surface area contributed by atoms with E-state index in [-0.39, 0.29) is 11.6 Å². The molecule has 2 atom stereocenters. The molecule has 11 heavy (non-hydrogen) atoms. The zero-order valence-electron chi connectivity index (χ0n) is 6.93. The smallest absolute Gasteiger partial charge is 0.306 e. The fourth-order valence-corrected chi connectivity index (χ4v) is 2.40. The normalized spacial score (nSPS) is 43.4. The van der Waals surface area contributed by atoms with Crippen molar-refractivity contribution in [1.82, 2.24) is 0 Å². The van der Waals surface area contributed by atoms with Gasteiger partial charge in [-0.15, -0.1) is 0 Å². The molecule has 0 unspecified atom stereocenters. The Labute approximate surface area is 66.9 Å². The number of carbonyl (C=O) groups excluding carboxylic acids is 1. The van der Waals surface area contributed by atoms with Crippen LogP contribution in [0, 0.1) is 5.92 Å². The highest BCUT2D eigenvalue weighted by Crippen LogP contribution is 2.40. The van der Waals surface area contributed by atoms with Crippen molar-refractivity contribution in [2.75, 3.05) is 0 Å². The maximum absolute atomic E-state index is 11.1. The van der Waals surface area contributed by atoms with Gasteiger partial charge in [-0.05, 0) is 38.5 Å². The first-order valence-electron chi connectivity index (χ1n) is 4.40. The second-order valence-corrected chi connectivity index (χ2v) is 4.09. The average Bonchev–Trinajstić information content (AvgIpc) is 1.82. The highest BCUT2D eigenvalue weighted by Gasteiger charge is 2.40. The van der Waals surface area contributed by atoms with Gasteiger partial charge in [0.1, 0.15) is 5.60 Å². The van der Waals surface area contributed by atoms with Gasteiger partial charge in [-0.3, -0.25) is 4.79 Å². The summed E-state index contributed by atoms with van der Waals surface area (Å²) in [5, 5.41) is 0. The van der Waals surface area contributed by atoms with Crippen LogP contribution in [0.4, 0.5) is 0 Å². The third kappa shape index (κ3) is 1.26. The predicted molar refractivity (Wildman–Crippen MR) is 41.1 cm³/mol. The monoisotopic (exact) mass is 154 g/mol. The number of hydrogen-bond donors (Lipinski definition) is 0. The Hall–Kier alpha value is -0.530. The van der Waals surface area contributed by atoms with Crippen LogP contribution in [0.5, 0.6) is 0 Å². The van der Waals surface area contributed by atoms with Crippen LogP contribution in [0.25, 0.3) is 0 Å². The second-order valence-electron chi connectivity index (χ2n) is 4.09. The molecule has 0 spiro atoms. The summed E-state index contributed by atoms with van der Waals surface area (Å²) in [6, 6.07) is 0. The highest BCUT2D eigenvalue weighted by atomic mass is 16.6. The first kappa shape index (κ1) is 7.14. The van der Waals surface area contributed by atoms with E-state index in [2.05, 4.69) is 6.92 Å². The van der Waals surface area contributed by atoms with Crippen LogP contribution in [-0.2, 0) is 9.53 Å². The Morgan fingerprint density at radius 1 is 1.64 bits per heavy atom. The lowest BCUT2D eigenvalue weighted by molar-refractivity contribution is -0.174. The van der Waals surface area contributed by atoms with E-state index in [4.69, 9.17) is 4.74 Å². The first-order chi connectivity index (χ1) is 5.18. The van der Waals surface area contributed by atoms with Gasteiger partial charge in [-0.25, -0.2) is 0 Å². The molecule has 1 aliphatic heterocycles. The summed E-state index contributed by atoms with van der Waals surface area (Å²) in [6.45, 7) is 2.07. The standard InChI is InChI=1S/C9H14O2/c1-9-4-2-3-7(6-9)5-8(10)11-9/h7H,2-6H2,1H3/t7-,9-/m1/s1. The molecule has 0 amide bonds. The summed E-state index contributed by atoms with van der Waals surface area (Å²) in [4.78, 5) is 11.1. The van der Waals surface area contributed by atoms with Gasteiger partial charge in [0, 0.05) is 6.42 Å². The Balaban J connectivity index is 2.15. The van der Waals surface area contributed by atoms with Gasteiger partial charge in [0.05, 0.1) is 0 Å². The molecule has 2 heteroatoms. The quantitative estimate of drug-likeness (QED) is 0.498. The third-order valence-corrected chi connectivity index (χ3v) is 2.85. The van der Waals surface area contributed by atoms with Crippen molar-refractivity contribution >= 4 is 5.97 Å². The van der Waals surface area contributed by atoms with Gasteiger partial charge in [-0.2, -0.15) is 0 Å². The maximum atomic E-state index is 11.1. The molecule has 0 aromatic carbocycles. The van der Waals surface area contributed by atoms with Gasteiger partial charge in [0.15, 0.2) is 0 Å². The first-order valence-corrected chi connectivity index (χ1v) is 4.40. The number of carbonyl (C=O) groups is 1. The lowest BCUT2D eigenvalue weighted by Gasteiger charge is -2.41. The van der Waals surface area contributed by atoms with Gasteiger partial charge < -0.3 is 4.74 Å². The molecule has 2 bridgehead atoms. The van der Waals surface area contributed by atoms with Crippen molar-refractivity contribution in [3.05, 3.63) is 0 Å². The van der Waals surface area contributed by atoms with Crippen molar-refractivity contribution in [2.45, 2.75) is 44.6 Å². The number of fused-ring (bicyclic) bond motifs is 2. The molecule has 0 N–H and O–H groups in total. The topological polar surface area (TPSA) is 26.3 Å². The highest BCUT2D eigenvalue weighted by molar-refractivity contribution is 5.71. The van der Waals surface area contributed by atoms with E-state index in [1.165, 1.54) is 12.8 Å². The van der Waals surface area contributed by atoms with Crippen molar-refractivity contribution in [1.29, 1.82) is 0 Å². The van der Waals surface area contributed by atoms with Gasteiger partial charge in [0.25, 0.3) is 0 Å². The second kappa shape index (κ2) is 2.23. The Morgan fingerprint density at radius 2 is 2.45 bits per heavy atom. The molecular formula is C9H14O2. The molecule has 2 nitrogen and oxygen atoms in total. The SMILES string of the molecule is C[C@]12CCC[C@H](CC(=O)O1)C2. The number of esters is 1. The number of ether oxygens (including phenoxy) is 1. The van der Waals surface area contributed by atoms with Crippen molar-refractivity contribution < 1.29 is 9.53 Å². The van der Waals surface area contributed by atoms with E-state index < -0.39 is 0 Å². The third-order valence-electron chi connectivity index (χ3n) is 2.85. The van der Waals surface area contributed by atoms with Gasteiger partial charge >= 0.3 is 5.97 Å². The van der Waals surface area contributed by atoms with Crippen molar-refractivity contribution in [3.8, 4) is 0 Å². The fraction of sp³-hybridized carbons (Fsp3) is 0.889. The predicted octanol–water partition coefficient (Wildman–Crippen LogP) is 1.88. The van der Waals surface area contributed by atoms with E-state index in [1.807, 2.05) is 0 Å². The Bertz CT molecular complexity index is 188. The minimum absolute atomic E-state index is 0.0171. The summed E-state index contributed by atoms with van der Waals surface area (Å²) in [5.74, 6) is 0.637. The van der Waals surface area contributed by atoms with Crippen LogP contribution >= 0.6 is 0 Å². The maximum Gasteiger partial charge on any atom is 0.306 e. The van der Waals surface area contributed by atoms with E-state index >= 15 is 0 Å². The van der Waals surface area contributed by atoms with E-state index in [0.29, 0.717) is 12.3 Å². The van der Waals surface area contributed by atoms with Crippen molar-refractivity contribution in [3.63, 3.8) is 0 Å². The zero-order valence-corrected chi connectivity index (χ0v) is 6.93. The van der Waals surface area contributed by atoms with E-state index in [9.17, 15) is 4.79 Å². The Morgan fingerprint density at radius 3 is 3.18 bits per heavy atom. The van der Waals surface area contributed by atoms with Crippen LogP contribution in [0.1, 0.15) is 39.0 Å². The average molecular weight is 154 g/mol. The molecule has 1 heterocycles. The number of rotatable bonds is 0. The summed E-state index contributed by atoms with van der Waals surface area (Å²) >= 11 is 0. The minimum atomic E-state index is -0.0990. The summed E-state index contributed by atoms with van der Waals surface area (Å²) < 4.78 is 5.31. The van der Waals surface area contributed by atoms with E-state index in [1.54, 1.807) is 0 Å². The van der Waals surface area contributed by atoms with Crippen LogP contribution in [0.3, 0.4) is 0 Å². The largest absolute Gasteiger partial charge is 0.459 e. The zero-order chi connectivity index (χ0) is 7.90. The molecule has 1 saturated carbocycles. The minimum Gasteiger partial charge on any atom is -0.459 e. The molecule has 0 aromatic rings. The number of hydrogen-bond acceptors (Lipinski definition) is 2. The molecule has 0 radical (unpaired) electrons. The van der Waals surface area contributed by atoms with Crippen LogP contribution in [0.15, 0.2) is 0 Å². The summed E-state index contributed by atoms with van der Waals surface area (Å²) in [5.41, 5.74) is -0.0990. The summed E-state index contributed by atoms with van der Waals surface area (Å²) in [7, 11) is 0. The molecular weight excluding hydrogens is 140 g/mol. The van der Waals surface area contributed by atoms with Crippen LogP contribution in [-0.4, -0.2) is 11.6 Å². The molecule has 2 aliphatic rings. The van der Waals surface area contributed by atoms with Gasteiger partial charge in [-0.1, -0.05) is 0 Å². The van der Waals surface area contributed by atoms with E-state index in [0.717, 1.165) is 12.8 Å². The molecule has 0 aromatic heterocycles. The fourth-order valence-electron chi connectivity index (χ4n) is 2.40. The van der Waals surface area contributed by atoms with Gasteiger partial charge in [0.2, 0.25) is 0 Å². The molecule has 2 rings (SSSR count).